The van der Waals surface area contributed by atoms with Crippen LogP contribution in [0.3, 0.4) is 0 Å². The Balaban J connectivity index is 1.92. The normalized spacial score (nSPS) is 9.60. The summed E-state index contributed by atoms with van der Waals surface area (Å²) in [6.07, 6.45) is -0.404. The summed E-state index contributed by atoms with van der Waals surface area (Å²) in [5, 5.41) is 14.1. The van der Waals surface area contributed by atoms with Crippen molar-refractivity contribution in [3.8, 4) is 6.07 Å². The van der Waals surface area contributed by atoms with Crippen molar-refractivity contribution in [3.63, 3.8) is 0 Å². The van der Waals surface area contributed by atoms with Crippen LogP contribution in [-0.4, -0.2) is 24.9 Å². The van der Waals surface area contributed by atoms with Gasteiger partial charge in [-0.2, -0.15) is 5.26 Å². The van der Waals surface area contributed by atoms with Crippen LogP contribution in [-0.2, 0) is 14.3 Å². The number of rotatable bonds is 5. The Morgan fingerprint density at radius 1 is 1.00 bits per heavy atom. The SMILES string of the molecule is COC(=O)c1ccc(NC(=O)CC(=O)Nc2ccccc2C#N)cc1. The molecule has 2 aromatic rings. The molecular formula is C18H15N3O4. The Bertz CT molecular complexity index is 838. The maximum Gasteiger partial charge on any atom is 0.337 e. The van der Waals surface area contributed by atoms with Crippen LogP contribution in [0.4, 0.5) is 11.4 Å². The minimum absolute atomic E-state index is 0.314. The molecule has 0 aliphatic carbocycles. The number of nitrogens with zero attached hydrogens (tertiary/aromatic N) is 1. The zero-order chi connectivity index (χ0) is 18.2. The summed E-state index contributed by atoms with van der Waals surface area (Å²) in [4.78, 5) is 35.2. The van der Waals surface area contributed by atoms with Gasteiger partial charge < -0.3 is 15.4 Å². The molecule has 0 spiro atoms. The fraction of sp³-hybridized carbons (Fsp3) is 0.111. The van der Waals surface area contributed by atoms with Crippen LogP contribution in [0.2, 0.25) is 0 Å². The summed E-state index contributed by atoms with van der Waals surface area (Å²) < 4.78 is 4.58. The van der Waals surface area contributed by atoms with E-state index in [9.17, 15) is 14.4 Å². The van der Waals surface area contributed by atoms with Gasteiger partial charge in [0.15, 0.2) is 0 Å². The van der Waals surface area contributed by atoms with E-state index in [0.717, 1.165) is 0 Å². The second-order valence-electron chi connectivity index (χ2n) is 5.00. The van der Waals surface area contributed by atoms with Gasteiger partial charge in [-0.1, -0.05) is 12.1 Å². The number of hydrogen-bond acceptors (Lipinski definition) is 5. The zero-order valence-corrected chi connectivity index (χ0v) is 13.4. The monoisotopic (exact) mass is 337 g/mol. The molecule has 25 heavy (non-hydrogen) atoms. The molecular weight excluding hydrogens is 322 g/mol. The van der Waals surface area contributed by atoms with Crippen LogP contribution < -0.4 is 10.6 Å². The molecule has 2 rings (SSSR count). The maximum absolute atomic E-state index is 11.9. The molecule has 0 radical (unpaired) electrons. The first-order valence-electron chi connectivity index (χ1n) is 7.30. The van der Waals surface area contributed by atoms with Crippen molar-refractivity contribution < 1.29 is 19.1 Å². The summed E-state index contributed by atoms with van der Waals surface area (Å²) in [6, 6.07) is 14.5. The largest absolute Gasteiger partial charge is 0.465 e. The van der Waals surface area contributed by atoms with Crippen molar-refractivity contribution in [3.05, 3.63) is 59.7 Å². The molecule has 0 atom stereocenters. The topological polar surface area (TPSA) is 108 Å². The first-order valence-corrected chi connectivity index (χ1v) is 7.30. The highest BCUT2D eigenvalue weighted by atomic mass is 16.5. The van der Waals surface area contributed by atoms with E-state index in [4.69, 9.17) is 5.26 Å². The van der Waals surface area contributed by atoms with Gasteiger partial charge in [-0.15, -0.1) is 0 Å². The number of methoxy groups -OCH3 is 1. The Hall–Kier alpha value is -3.66. The van der Waals surface area contributed by atoms with Crippen molar-refractivity contribution in [2.75, 3.05) is 17.7 Å². The number of anilines is 2. The van der Waals surface area contributed by atoms with Gasteiger partial charge in [0, 0.05) is 5.69 Å². The number of carbonyl (C=O) groups is 3. The minimum atomic E-state index is -0.536. The van der Waals surface area contributed by atoms with Crippen molar-refractivity contribution in [2.24, 2.45) is 0 Å². The quantitative estimate of drug-likeness (QED) is 0.643. The van der Waals surface area contributed by atoms with Crippen LogP contribution >= 0.6 is 0 Å². The molecule has 0 heterocycles. The molecule has 7 heteroatoms. The van der Waals surface area contributed by atoms with Crippen molar-refractivity contribution in [2.45, 2.75) is 6.42 Å². The number of nitriles is 1. The first-order chi connectivity index (χ1) is 12.0. The average molecular weight is 337 g/mol. The van der Waals surface area contributed by atoms with E-state index in [1.165, 1.54) is 31.4 Å². The van der Waals surface area contributed by atoms with E-state index in [1.54, 1.807) is 24.3 Å². The van der Waals surface area contributed by atoms with Gasteiger partial charge in [-0.3, -0.25) is 9.59 Å². The Morgan fingerprint density at radius 2 is 1.64 bits per heavy atom. The number of esters is 1. The Kier molecular flexibility index (Phi) is 5.85. The van der Waals surface area contributed by atoms with Crippen molar-refractivity contribution >= 4 is 29.2 Å². The van der Waals surface area contributed by atoms with Gasteiger partial charge in [0.1, 0.15) is 12.5 Å². The molecule has 2 amide bonds. The van der Waals surface area contributed by atoms with E-state index >= 15 is 0 Å². The van der Waals surface area contributed by atoms with Gasteiger partial charge in [-0.25, -0.2) is 4.79 Å². The highest BCUT2D eigenvalue weighted by molar-refractivity contribution is 6.08. The number of benzene rings is 2. The molecule has 0 aromatic heterocycles. The van der Waals surface area contributed by atoms with Crippen LogP contribution in [0, 0.1) is 11.3 Å². The first kappa shape index (κ1) is 17.7. The fourth-order valence-corrected chi connectivity index (χ4v) is 2.04. The second kappa shape index (κ2) is 8.26. The van der Waals surface area contributed by atoms with Gasteiger partial charge in [0.2, 0.25) is 11.8 Å². The summed E-state index contributed by atoms with van der Waals surface area (Å²) in [5.74, 6) is -1.53. The summed E-state index contributed by atoms with van der Waals surface area (Å²) >= 11 is 0. The summed E-state index contributed by atoms with van der Waals surface area (Å²) in [5.41, 5.74) is 1.47. The van der Waals surface area contributed by atoms with Crippen LogP contribution in [0.15, 0.2) is 48.5 Å². The molecule has 0 saturated carbocycles. The van der Waals surface area contributed by atoms with Crippen LogP contribution in [0.25, 0.3) is 0 Å². The van der Waals surface area contributed by atoms with Crippen molar-refractivity contribution in [1.82, 2.24) is 0 Å². The number of nitrogens with one attached hydrogen (secondary N) is 2. The lowest BCUT2D eigenvalue weighted by atomic mass is 10.2. The Morgan fingerprint density at radius 3 is 2.28 bits per heavy atom. The molecule has 2 N–H and O–H groups in total. The van der Waals surface area contributed by atoms with E-state index in [1.807, 2.05) is 6.07 Å². The number of ether oxygens (including phenoxy) is 1. The average Bonchev–Trinajstić information content (AvgIpc) is 2.62. The van der Waals surface area contributed by atoms with Crippen LogP contribution in [0.1, 0.15) is 22.3 Å². The van der Waals surface area contributed by atoms with E-state index < -0.39 is 24.2 Å². The molecule has 0 bridgehead atoms. The molecule has 7 nitrogen and oxygen atoms in total. The smallest absolute Gasteiger partial charge is 0.337 e. The second-order valence-corrected chi connectivity index (χ2v) is 5.00. The zero-order valence-electron chi connectivity index (χ0n) is 13.4. The predicted octanol–water partition coefficient (Wildman–Crippen LogP) is 2.31. The molecule has 2 aromatic carbocycles. The maximum atomic E-state index is 11.9. The van der Waals surface area contributed by atoms with Gasteiger partial charge >= 0.3 is 5.97 Å². The summed E-state index contributed by atoms with van der Waals surface area (Å²) in [6.45, 7) is 0. The molecule has 126 valence electrons. The van der Waals surface area contributed by atoms with Crippen LogP contribution in [0.5, 0.6) is 0 Å². The third kappa shape index (κ3) is 4.91. The van der Waals surface area contributed by atoms with Crippen molar-refractivity contribution in [1.29, 1.82) is 5.26 Å². The lowest BCUT2D eigenvalue weighted by Crippen LogP contribution is -2.21. The molecule has 0 unspecified atom stereocenters. The number of carbonyl (C=O) groups excluding carboxylic acids is 3. The molecule has 0 saturated heterocycles. The predicted molar refractivity (Wildman–Crippen MR) is 90.8 cm³/mol. The standard InChI is InChI=1S/C18H15N3O4/c1-25-18(24)12-6-8-14(9-7-12)20-16(22)10-17(23)21-15-5-3-2-4-13(15)11-19/h2-9H,10H2,1H3,(H,20,22)(H,21,23). The highest BCUT2D eigenvalue weighted by Crippen LogP contribution is 2.14. The Labute approximate surface area is 144 Å². The molecule has 0 fully saturated rings. The number of amides is 2. The molecule has 0 aliphatic heterocycles. The van der Waals surface area contributed by atoms with E-state index in [2.05, 4.69) is 15.4 Å². The number of para-hydroxylation sites is 1. The molecule has 0 aliphatic rings. The van der Waals surface area contributed by atoms with E-state index in [0.29, 0.717) is 22.5 Å². The van der Waals surface area contributed by atoms with Gasteiger partial charge in [-0.05, 0) is 36.4 Å². The number of hydrogen-bond donors (Lipinski definition) is 2. The lowest BCUT2D eigenvalue weighted by Gasteiger charge is -2.08. The third-order valence-corrected chi connectivity index (χ3v) is 3.23. The minimum Gasteiger partial charge on any atom is -0.465 e. The fourth-order valence-electron chi connectivity index (χ4n) is 2.04. The summed E-state index contributed by atoms with van der Waals surface area (Å²) in [7, 11) is 1.28. The van der Waals surface area contributed by atoms with Gasteiger partial charge in [0.25, 0.3) is 0 Å². The lowest BCUT2D eigenvalue weighted by molar-refractivity contribution is -0.123. The third-order valence-electron chi connectivity index (χ3n) is 3.23. The van der Waals surface area contributed by atoms with Gasteiger partial charge in [0.05, 0.1) is 23.9 Å². The highest BCUT2D eigenvalue weighted by Gasteiger charge is 2.12. The van der Waals surface area contributed by atoms with E-state index in [-0.39, 0.29) is 0 Å².